The topological polar surface area (TPSA) is 41.6 Å². The van der Waals surface area contributed by atoms with E-state index in [4.69, 9.17) is 4.74 Å². The number of carbonyl (C=O) groups is 1. The molecule has 1 saturated heterocycles. The lowest BCUT2D eigenvalue weighted by molar-refractivity contribution is 0.0526. The van der Waals surface area contributed by atoms with Crippen LogP contribution >= 0.6 is 0 Å². The second kappa shape index (κ2) is 6.57. The van der Waals surface area contributed by atoms with Gasteiger partial charge in [0.1, 0.15) is 0 Å². The van der Waals surface area contributed by atoms with Gasteiger partial charge in [-0.05, 0) is 58.1 Å². The smallest absolute Gasteiger partial charge is 0.338 e. The summed E-state index contributed by atoms with van der Waals surface area (Å²) in [6.45, 7) is 4.47. The van der Waals surface area contributed by atoms with Gasteiger partial charge in [0.25, 0.3) is 0 Å². The number of ether oxygens (including phenoxy) is 1. The Balaban J connectivity index is 1.97. The third-order valence-corrected chi connectivity index (χ3v) is 3.46. The summed E-state index contributed by atoms with van der Waals surface area (Å²) in [5.74, 6) is -0.255. The first-order valence-corrected chi connectivity index (χ1v) is 6.91. The van der Waals surface area contributed by atoms with Crippen LogP contribution in [0.5, 0.6) is 0 Å². The van der Waals surface area contributed by atoms with Crippen LogP contribution in [0, 0.1) is 0 Å². The van der Waals surface area contributed by atoms with Crippen molar-refractivity contribution in [2.75, 3.05) is 32.1 Å². The van der Waals surface area contributed by atoms with E-state index in [1.807, 2.05) is 25.1 Å². The summed E-state index contributed by atoms with van der Waals surface area (Å²) in [4.78, 5) is 14.0. The predicted molar refractivity (Wildman–Crippen MR) is 76.5 cm³/mol. The molecule has 1 aliphatic rings. The Morgan fingerprint density at radius 1 is 1.42 bits per heavy atom. The minimum atomic E-state index is -0.255. The molecule has 4 heteroatoms. The van der Waals surface area contributed by atoms with E-state index in [1.165, 1.54) is 0 Å². The first-order chi connectivity index (χ1) is 9.19. The lowest BCUT2D eigenvalue weighted by Crippen LogP contribution is -2.36. The first-order valence-electron chi connectivity index (χ1n) is 6.91. The van der Waals surface area contributed by atoms with Gasteiger partial charge in [-0.2, -0.15) is 0 Å². The summed E-state index contributed by atoms with van der Waals surface area (Å²) in [5.41, 5.74) is 1.61. The molecule has 0 spiro atoms. The van der Waals surface area contributed by atoms with Crippen molar-refractivity contribution in [3.05, 3.63) is 29.8 Å². The third kappa shape index (κ3) is 3.96. The first kappa shape index (κ1) is 13.9. The molecule has 0 atom stereocenters. The molecular weight excluding hydrogens is 240 g/mol. The average Bonchev–Trinajstić information content (AvgIpc) is 2.42. The maximum Gasteiger partial charge on any atom is 0.338 e. The van der Waals surface area contributed by atoms with Crippen LogP contribution in [0.1, 0.15) is 30.1 Å². The fourth-order valence-corrected chi connectivity index (χ4v) is 2.34. The summed E-state index contributed by atoms with van der Waals surface area (Å²) in [7, 11) is 2.15. The molecule has 2 rings (SSSR count). The molecule has 1 aliphatic heterocycles. The lowest BCUT2D eigenvalue weighted by atomic mass is 10.0. The molecule has 1 heterocycles. The number of likely N-dealkylation sites (tertiary alicyclic amines) is 1. The Labute approximate surface area is 114 Å². The van der Waals surface area contributed by atoms with Crippen molar-refractivity contribution in [2.24, 2.45) is 0 Å². The van der Waals surface area contributed by atoms with E-state index in [9.17, 15) is 4.79 Å². The number of nitrogens with one attached hydrogen (secondary N) is 1. The second-order valence-electron chi connectivity index (χ2n) is 5.02. The van der Waals surface area contributed by atoms with Crippen molar-refractivity contribution >= 4 is 11.7 Å². The van der Waals surface area contributed by atoms with Crippen LogP contribution in [-0.2, 0) is 4.74 Å². The van der Waals surface area contributed by atoms with Gasteiger partial charge in [0.15, 0.2) is 0 Å². The minimum absolute atomic E-state index is 0.255. The van der Waals surface area contributed by atoms with E-state index >= 15 is 0 Å². The quantitative estimate of drug-likeness (QED) is 0.846. The monoisotopic (exact) mass is 262 g/mol. The fourth-order valence-electron chi connectivity index (χ4n) is 2.34. The van der Waals surface area contributed by atoms with Crippen molar-refractivity contribution in [1.82, 2.24) is 4.90 Å². The molecular formula is C15H22N2O2. The number of piperidine rings is 1. The van der Waals surface area contributed by atoms with E-state index in [0.29, 0.717) is 18.2 Å². The van der Waals surface area contributed by atoms with Gasteiger partial charge in [0.2, 0.25) is 0 Å². The highest BCUT2D eigenvalue weighted by Crippen LogP contribution is 2.17. The molecule has 0 bridgehead atoms. The van der Waals surface area contributed by atoms with Crippen molar-refractivity contribution in [3.8, 4) is 0 Å². The molecule has 1 N–H and O–H groups in total. The Morgan fingerprint density at radius 2 is 2.16 bits per heavy atom. The van der Waals surface area contributed by atoms with E-state index in [0.717, 1.165) is 31.6 Å². The summed E-state index contributed by atoms with van der Waals surface area (Å²) in [6.07, 6.45) is 2.28. The van der Waals surface area contributed by atoms with Gasteiger partial charge >= 0.3 is 5.97 Å². The molecule has 1 aromatic rings. The molecule has 0 amide bonds. The maximum absolute atomic E-state index is 11.7. The van der Waals surface area contributed by atoms with Gasteiger partial charge < -0.3 is 15.0 Å². The summed E-state index contributed by atoms with van der Waals surface area (Å²) in [5, 5.41) is 3.50. The van der Waals surface area contributed by atoms with E-state index in [2.05, 4.69) is 17.3 Å². The maximum atomic E-state index is 11.7. The van der Waals surface area contributed by atoms with E-state index in [-0.39, 0.29) is 5.97 Å². The molecule has 1 fully saturated rings. The second-order valence-corrected chi connectivity index (χ2v) is 5.02. The molecule has 0 aromatic heterocycles. The molecule has 0 saturated carbocycles. The number of esters is 1. The van der Waals surface area contributed by atoms with Crippen LogP contribution in [0.2, 0.25) is 0 Å². The highest BCUT2D eigenvalue weighted by molar-refractivity contribution is 5.90. The van der Waals surface area contributed by atoms with Gasteiger partial charge in [-0.3, -0.25) is 0 Å². The van der Waals surface area contributed by atoms with Crippen LogP contribution in [0.15, 0.2) is 24.3 Å². The Kier molecular flexibility index (Phi) is 4.80. The summed E-state index contributed by atoms with van der Waals surface area (Å²) < 4.78 is 5.01. The number of hydrogen-bond acceptors (Lipinski definition) is 4. The van der Waals surface area contributed by atoms with Crippen molar-refractivity contribution in [2.45, 2.75) is 25.8 Å². The molecule has 0 radical (unpaired) electrons. The van der Waals surface area contributed by atoms with Crippen molar-refractivity contribution in [1.29, 1.82) is 0 Å². The fraction of sp³-hybridized carbons (Fsp3) is 0.533. The number of hydrogen-bond donors (Lipinski definition) is 1. The van der Waals surface area contributed by atoms with Crippen molar-refractivity contribution in [3.63, 3.8) is 0 Å². The Hall–Kier alpha value is -1.55. The molecule has 4 nitrogen and oxygen atoms in total. The standard InChI is InChI=1S/C15H22N2O2/c1-3-19-15(18)12-5-4-6-14(11-12)16-13-7-9-17(2)10-8-13/h4-6,11,13,16H,3,7-10H2,1-2H3. The van der Waals surface area contributed by atoms with Crippen LogP contribution in [0.4, 0.5) is 5.69 Å². The number of rotatable bonds is 4. The van der Waals surface area contributed by atoms with Gasteiger partial charge in [-0.15, -0.1) is 0 Å². The molecule has 104 valence electrons. The van der Waals surface area contributed by atoms with Gasteiger partial charge in [0.05, 0.1) is 12.2 Å². The predicted octanol–water partition coefficient (Wildman–Crippen LogP) is 2.37. The van der Waals surface area contributed by atoms with E-state index in [1.54, 1.807) is 6.07 Å². The zero-order chi connectivity index (χ0) is 13.7. The van der Waals surface area contributed by atoms with Crippen molar-refractivity contribution < 1.29 is 9.53 Å². The highest BCUT2D eigenvalue weighted by atomic mass is 16.5. The molecule has 0 unspecified atom stereocenters. The SMILES string of the molecule is CCOC(=O)c1cccc(NC2CCN(C)CC2)c1. The molecule has 0 aliphatic carbocycles. The normalized spacial score (nSPS) is 17.2. The lowest BCUT2D eigenvalue weighted by Gasteiger charge is -2.30. The van der Waals surface area contributed by atoms with E-state index < -0.39 is 0 Å². The van der Waals surface area contributed by atoms with Crippen LogP contribution < -0.4 is 5.32 Å². The number of benzene rings is 1. The number of nitrogens with zero attached hydrogens (tertiary/aromatic N) is 1. The molecule has 19 heavy (non-hydrogen) atoms. The number of anilines is 1. The van der Waals surface area contributed by atoms with Crippen LogP contribution in [0.3, 0.4) is 0 Å². The average molecular weight is 262 g/mol. The molecule has 1 aromatic carbocycles. The summed E-state index contributed by atoms with van der Waals surface area (Å²) in [6, 6.07) is 8.05. The van der Waals surface area contributed by atoms with Gasteiger partial charge in [-0.25, -0.2) is 4.79 Å². The number of carbonyl (C=O) groups excluding carboxylic acids is 1. The zero-order valence-corrected chi connectivity index (χ0v) is 11.7. The van der Waals surface area contributed by atoms with Crippen LogP contribution in [-0.4, -0.2) is 43.7 Å². The van der Waals surface area contributed by atoms with Gasteiger partial charge in [-0.1, -0.05) is 6.07 Å². The summed E-state index contributed by atoms with van der Waals surface area (Å²) >= 11 is 0. The Bertz CT molecular complexity index is 426. The Morgan fingerprint density at radius 3 is 2.84 bits per heavy atom. The zero-order valence-electron chi connectivity index (χ0n) is 11.7. The largest absolute Gasteiger partial charge is 0.462 e. The van der Waals surface area contributed by atoms with Crippen LogP contribution in [0.25, 0.3) is 0 Å². The minimum Gasteiger partial charge on any atom is -0.462 e. The highest BCUT2D eigenvalue weighted by Gasteiger charge is 2.16. The van der Waals surface area contributed by atoms with Gasteiger partial charge in [0, 0.05) is 11.7 Å². The third-order valence-electron chi connectivity index (χ3n) is 3.46.